The Morgan fingerprint density at radius 2 is 2.00 bits per heavy atom. The summed E-state index contributed by atoms with van der Waals surface area (Å²) in [7, 11) is 0. The van der Waals surface area contributed by atoms with Gasteiger partial charge in [-0.05, 0) is 25.0 Å². The molecular weight excluding hydrogens is 262 g/mol. The zero-order valence-electron chi connectivity index (χ0n) is 10.6. The molecule has 0 atom stereocenters. The van der Waals surface area contributed by atoms with Crippen molar-refractivity contribution in [1.29, 1.82) is 0 Å². The normalized spacial score (nSPS) is 19.3. The minimum absolute atomic E-state index is 0.0424. The number of nitrogens with zero attached hydrogens (tertiary/aromatic N) is 1. The highest BCUT2D eigenvalue weighted by Crippen LogP contribution is 2.25. The van der Waals surface area contributed by atoms with Crippen LogP contribution in [-0.2, 0) is 4.79 Å². The molecule has 2 aliphatic heterocycles. The predicted molar refractivity (Wildman–Crippen MR) is 74.4 cm³/mol. The van der Waals surface area contributed by atoms with Crippen LogP contribution in [0.15, 0.2) is 12.1 Å². The fraction of sp³-hybridized carbons (Fsp3) is 0.538. The van der Waals surface area contributed by atoms with E-state index in [1.54, 1.807) is 6.07 Å². The summed E-state index contributed by atoms with van der Waals surface area (Å²) < 4.78 is 0. The van der Waals surface area contributed by atoms with E-state index in [2.05, 4.69) is 10.6 Å². The summed E-state index contributed by atoms with van der Waals surface area (Å²) in [5.74, 6) is 0.203. The molecule has 0 aromatic carbocycles. The number of likely N-dealkylation sites (tertiary alicyclic amines) is 1. The first kappa shape index (κ1) is 12.6. The molecule has 6 heteroatoms. The summed E-state index contributed by atoms with van der Waals surface area (Å²) >= 11 is 1.36. The predicted octanol–water partition coefficient (Wildman–Crippen LogP) is 1.14. The van der Waals surface area contributed by atoms with Crippen LogP contribution in [0.5, 0.6) is 0 Å². The number of carbonyl (C=O) groups is 2. The largest absolute Gasteiger partial charge is 0.338 e. The SMILES string of the molecule is O=C(Nc1ccc(C(=O)N2CCCC2)s1)C1CNC1. The lowest BCUT2D eigenvalue weighted by atomic mass is 10.0. The Kier molecular flexibility index (Phi) is 3.52. The minimum atomic E-state index is 0.0424. The smallest absolute Gasteiger partial charge is 0.263 e. The quantitative estimate of drug-likeness (QED) is 0.872. The van der Waals surface area contributed by atoms with E-state index in [-0.39, 0.29) is 17.7 Å². The van der Waals surface area contributed by atoms with E-state index in [1.807, 2.05) is 11.0 Å². The molecule has 3 heterocycles. The summed E-state index contributed by atoms with van der Waals surface area (Å²) in [6.07, 6.45) is 2.19. The van der Waals surface area contributed by atoms with Crippen molar-refractivity contribution < 1.29 is 9.59 Å². The van der Waals surface area contributed by atoms with Gasteiger partial charge in [-0.2, -0.15) is 0 Å². The summed E-state index contributed by atoms with van der Waals surface area (Å²) in [5, 5.41) is 6.71. The number of amides is 2. The van der Waals surface area contributed by atoms with Crippen LogP contribution in [0.25, 0.3) is 0 Å². The fourth-order valence-electron chi connectivity index (χ4n) is 2.29. The van der Waals surface area contributed by atoms with E-state index in [9.17, 15) is 9.59 Å². The highest BCUT2D eigenvalue weighted by molar-refractivity contribution is 7.18. The number of rotatable bonds is 3. The van der Waals surface area contributed by atoms with E-state index in [1.165, 1.54) is 11.3 Å². The van der Waals surface area contributed by atoms with Crippen LogP contribution in [0.4, 0.5) is 5.00 Å². The number of thiophene rings is 1. The Morgan fingerprint density at radius 3 is 2.63 bits per heavy atom. The monoisotopic (exact) mass is 279 g/mol. The number of carbonyl (C=O) groups excluding carboxylic acids is 2. The first-order chi connectivity index (χ1) is 9.24. The Labute approximate surface area is 116 Å². The van der Waals surface area contributed by atoms with Crippen LogP contribution in [0.3, 0.4) is 0 Å². The molecule has 19 heavy (non-hydrogen) atoms. The first-order valence-electron chi connectivity index (χ1n) is 6.65. The maximum atomic E-state index is 12.2. The van der Waals surface area contributed by atoms with Gasteiger partial charge in [-0.15, -0.1) is 11.3 Å². The van der Waals surface area contributed by atoms with E-state index in [0.29, 0.717) is 4.88 Å². The molecule has 0 unspecified atom stereocenters. The van der Waals surface area contributed by atoms with Crippen LogP contribution in [0, 0.1) is 5.92 Å². The van der Waals surface area contributed by atoms with Crippen molar-refractivity contribution in [3.05, 3.63) is 17.0 Å². The van der Waals surface area contributed by atoms with Crippen molar-refractivity contribution in [3.63, 3.8) is 0 Å². The lowest BCUT2D eigenvalue weighted by Crippen LogP contribution is -2.48. The van der Waals surface area contributed by atoms with Crippen LogP contribution in [-0.4, -0.2) is 42.9 Å². The third-order valence-electron chi connectivity index (χ3n) is 3.61. The maximum absolute atomic E-state index is 12.2. The van der Waals surface area contributed by atoms with Gasteiger partial charge in [-0.25, -0.2) is 0 Å². The van der Waals surface area contributed by atoms with Gasteiger partial charge in [0.1, 0.15) is 0 Å². The Hall–Kier alpha value is -1.40. The van der Waals surface area contributed by atoms with Crippen LogP contribution >= 0.6 is 11.3 Å². The lowest BCUT2D eigenvalue weighted by molar-refractivity contribution is -0.121. The van der Waals surface area contributed by atoms with Gasteiger partial charge in [-0.3, -0.25) is 9.59 Å². The molecule has 2 amide bonds. The molecule has 2 fully saturated rings. The van der Waals surface area contributed by atoms with Gasteiger partial charge in [0.25, 0.3) is 5.91 Å². The molecule has 0 spiro atoms. The van der Waals surface area contributed by atoms with Gasteiger partial charge in [-0.1, -0.05) is 0 Å². The Morgan fingerprint density at radius 1 is 1.26 bits per heavy atom. The van der Waals surface area contributed by atoms with Crippen LogP contribution in [0.2, 0.25) is 0 Å². The van der Waals surface area contributed by atoms with Crippen molar-refractivity contribution in [1.82, 2.24) is 10.2 Å². The number of anilines is 1. The second kappa shape index (κ2) is 5.30. The van der Waals surface area contributed by atoms with E-state index in [4.69, 9.17) is 0 Å². The number of hydrogen-bond donors (Lipinski definition) is 2. The molecule has 1 aromatic rings. The zero-order valence-corrected chi connectivity index (χ0v) is 11.5. The summed E-state index contributed by atoms with van der Waals surface area (Å²) in [6.45, 7) is 3.20. The highest BCUT2D eigenvalue weighted by Gasteiger charge is 2.26. The van der Waals surface area contributed by atoms with E-state index < -0.39 is 0 Å². The van der Waals surface area contributed by atoms with Gasteiger partial charge in [0.15, 0.2) is 0 Å². The molecule has 2 aliphatic rings. The average molecular weight is 279 g/mol. The topological polar surface area (TPSA) is 61.4 Å². The zero-order chi connectivity index (χ0) is 13.2. The van der Waals surface area contributed by atoms with Gasteiger partial charge in [0.05, 0.1) is 15.8 Å². The van der Waals surface area contributed by atoms with Gasteiger partial charge in [0, 0.05) is 26.2 Å². The summed E-state index contributed by atoms with van der Waals surface area (Å²) in [6, 6.07) is 3.62. The third kappa shape index (κ3) is 2.64. The Bertz CT molecular complexity index is 490. The highest BCUT2D eigenvalue weighted by atomic mass is 32.1. The molecule has 0 bridgehead atoms. The van der Waals surface area contributed by atoms with Gasteiger partial charge >= 0.3 is 0 Å². The molecule has 5 nitrogen and oxygen atoms in total. The molecule has 2 N–H and O–H groups in total. The van der Waals surface area contributed by atoms with Crippen LogP contribution < -0.4 is 10.6 Å². The maximum Gasteiger partial charge on any atom is 0.263 e. The second-order valence-corrected chi connectivity index (χ2v) is 6.09. The molecule has 0 aliphatic carbocycles. The second-order valence-electron chi connectivity index (χ2n) is 5.01. The van der Waals surface area contributed by atoms with Gasteiger partial charge < -0.3 is 15.5 Å². The summed E-state index contributed by atoms with van der Waals surface area (Å²) in [4.78, 5) is 26.5. The molecule has 2 saturated heterocycles. The molecule has 102 valence electrons. The fourth-order valence-corrected chi connectivity index (χ4v) is 3.17. The van der Waals surface area contributed by atoms with E-state index in [0.717, 1.165) is 44.0 Å². The van der Waals surface area contributed by atoms with Crippen molar-refractivity contribution in [3.8, 4) is 0 Å². The minimum Gasteiger partial charge on any atom is -0.338 e. The third-order valence-corrected chi connectivity index (χ3v) is 4.60. The first-order valence-corrected chi connectivity index (χ1v) is 7.46. The molecule has 0 radical (unpaired) electrons. The molecule has 0 saturated carbocycles. The number of nitrogens with one attached hydrogen (secondary N) is 2. The number of hydrogen-bond acceptors (Lipinski definition) is 4. The molecular formula is C13H17N3O2S. The van der Waals surface area contributed by atoms with Crippen LogP contribution in [0.1, 0.15) is 22.5 Å². The average Bonchev–Trinajstić information content (AvgIpc) is 2.95. The summed E-state index contributed by atoms with van der Waals surface area (Å²) in [5.41, 5.74) is 0. The Balaban J connectivity index is 1.62. The lowest BCUT2D eigenvalue weighted by Gasteiger charge is -2.25. The molecule has 3 rings (SSSR count). The van der Waals surface area contributed by atoms with Crippen molar-refractivity contribution in [2.75, 3.05) is 31.5 Å². The molecule has 1 aromatic heterocycles. The van der Waals surface area contributed by atoms with Crippen molar-refractivity contribution in [2.45, 2.75) is 12.8 Å². The van der Waals surface area contributed by atoms with Crippen molar-refractivity contribution >= 4 is 28.2 Å². The van der Waals surface area contributed by atoms with Crippen molar-refractivity contribution in [2.24, 2.45) is 5.92 Å². The van der Waals surface area contributed by atoms with Gasteiger partial charge in [0.2, 0.25) is 5.91 Å². The van der Waals surface area contributed by atoms with E-state index >= 15 is 0 Å². The standard InChI is InChI=1S/C13H17N3O2S/c17-12(9-7-14-8-9)15-11-4-3-10(19-11)13(18)16-5-1-2-6-16/h3-4,9,14H,1-2,5-8H2,(H,15,17).